The van der Waals surface area contributed by atoms with Crippen molar-refractivity contribution in [3.05, 3.63) is 53.6 Å². The molecule has 5 nitrogen and oxygen atoms in total. The Hall–Kier alpha value is -2.82. The summed E-state index contributed by atoms with van der Waals surface area (Å²) in [6.07, 6.45) is 5.97. The zero-order chi connectivity index (χ0) is 17.3. The molecule has 4 rings (SSSR count). The number of carbonyl (C=O) groups excluding carboxylic acids is 2. The lowest BCUT2D eigenvalue weighted by Crippen LogP contribution is -2.40. The molecular formula is C20H19NO4. The van der Waals surface area contributed by atoms with Crippen LogP contribution in [0, 0.1) is 0 Å². The van der Waals surface area contributed by atoms with Crippen molar-refractivity contribution < 1.29 is 19.1 Å². The van der Waals surface area contributed by atoms with Crippen LogP contribution in [0.15, 0.2) is 42.5 Å². The number of aldehydes is 1. The van der Waals surface area contributed by atoms with E-state index in [1.54, 1.807) is 30.3 Å². The second-order valence-electron chi connectivity index (χ2n) is 6.53. The summed E-state index contributed by atoms with van der Waals surface area (Å²) in [4.78, 5) is 23.0. The molecule has 2 aliphatic rings. The Morgan fingerprint density at radius 3 is 2.40 bits per heavy atom. The molecule has 5 heteroatoms. The molecule has 1 heterocycles. The minimum Gasteiger partial charge on any atom is -0.448 e. The number of ether oxygens (including phenoxy) is 2. The Kier molecular flexibility index (Phi) is 3.92. The maximum atomic E-state index is 12.3. The highest BCUT2D eigenvalue weighted by atomic mass is 16.7. The van der Waals surface area contributed by atoms with E-state index in [9.17, 15) is 9.59 Å². The number of benzene rings is 2. The van der Waals surface area contributed by atoms with Crippen LogP contribution in [0.1, 0.15) is 52.8 Å². The van der Waals surface area contributed by atoms with Crippen molar-refractivity contribution in [3.63, 3.8) is 0 Å². The molecule has 1 aliphatic heterocycles. The molecule has 1 amide bonds. The van der Waals surface area contributed by atoms with Gasteiger partial charge in [0.25, 0.3) is 11.7 Å². The summed E-state index contributed by atoms with van der Waals surface area (Å²) < 4.78 is 12.1. The molecule has 1 fully saturated rings. The molecule has 128 valence electrons. The first kappa shape index (κ1) is 15.7. The van der Waals surface area contributed by atoms with Crippen LogP contribution in [-0.4, -0.2) is 18.0 Å². The third-order valence-corrected chi connectivity index (χ3v) is 4.72. The van der Waals surface area contributed by atoms with Crippen molar-refractivity contribution >= 4 is 17.9 Å². The van der Waals surface area contributed by atoms with Crippen molar-refractivity contribution in [2.45, 2.75) is 37.9 Å². The highest BCUT2D eigenvalue weighted by molar-refractivity contribution is 6.04. The molecule has 0 bridgehead atoms. The van der Waals surface area contributed by atoms with Gasteiger partial charge in [0, 0.05) is 35.7 Å². The average molecular weight is 337 g/mol. The Balaban J connectivity index is 1.48. The molecule has 1 saturated carbocycles. The largest absolute Gasteiger partial charge is 0.448 e. The fraction of sp³-hybridized carbons (Fsp3) is 0.300. The number of hydrogen-bond donors (Lipinski definition) is 1. The number of rotatable bonds is 3. The zero-order valence-electron chi connectivity index (χ0n) is 13.8. The van der Waals surface area contributed by atoms with E-state index in [4.69, 9.17) is 9.47 Å². The molecule has 25 heavy (non-hydrogen) atoms. The van der Waals surface area contributed by atoms with E-state index in [0.29, 0.717) is 22.6 Å². The molecule has 0 radical (unpaired) electrons. The molecule has 1 aliphatic carbocycles. The Morgan fingerprint density at radius 2 is 1.68 bits per heavy atom. The summed E-state index contributed by atoms with van der Waals surface area (Å²) in [6.45, 7) is 0. The predicted octanol–water partition coefficient (Wildman–Crippen LogP) is 4.18. The van der Waals surface area contributed by atoms with Gasteiger partial charge >= 0.3 is 0 Å². The third kappa shape index (κ3) is 3.09. The first-order chi connectivity index (χ1) is 12.2. The van der Waals surface area contributed by atoms with E-state index >= 15 is 0 Å². The lowest BCUT2D eigenvalue weighted by atomic mass is 9.94. The Bertz CT molecular complexity index is 807. The quantitative estimate of drug-likeness (QED) is 0.853. The highest BCUT2D eigenvalue weighted by Crippen LogP contribution is 2.46. The Labute approximate surface area is 145 Å². The highest BCUT2D eigenvalue weighted by Gasteiger charge is 2.42. The molecule has 0 atom stereocenters. The first-order valence-corrected chi connectivity index (χ1v) is 8.56. The topological polar surface area (TPSA) is 64.6 Å². The summed E-state index contributed by atoms with van der Waals surface area (Å²) in [5.74, 6) is 0.656. The lowest BCUT2D eigenvalue weighted by Gasteiger charge is -2.31. The standard InChI is InChI=1S/C20H19NO4/c22-13-14-4-6-15(7-5-14)19(23)21-16-8-9-17-18(12-16)25-20(24-17)10-2-1-3-11-20/h4-9,12-13H,1-3,10-11H2,(H,21,23). The number of anilines is 1. The summed E-state index contributed by atoms with van der Waals surface area (Å²) >= 11 is 0. The maximum absolute atomic E-state index is 12.3. The van der Waals surface area contributed by atoms with Crippen LogP contribution < -0.4 is 14.8 Å². The number of fused-ring (bicyclic) bond motifs is 1. The second-order valence-corrected chi connectivity index (χ2v) is 6.53. The van der Waals surface area contributed by atoms with E-state index < -0.39 is 5.79 Å². The molecule has 1 spiro atoms. The van der Waals surface area contributed by atoms with E-state index in [-0.39, 0.29) is 5.91 Å². The summed E-state index contributed by atoms with van der Waals surface area (Å²) in [7, 11) is 0. The predicted molar refractivity (Wildman–Crippen MR) is 93.3 cm³/mol. The summed E-state index contributed by atoms with van der Waals surface area (Å²) in [6, 6.07) is 11.9. The Morgan fingerprint density at radius 1 is 0.960 bits per heavy atom. The number of carbonyl (C=O) groups is 2. The fourth-order valence-electron chi connectivity index (χ4n) is 3.38. The maximum Gasteiger partial charge on any atom is 0.255 e. The summed E-state index contributed by atoms with van der Waals surface area (Å²) in [5, 5.41) is 2.85. The van der Waals surface area contributed by atoms with Gasteiger partial charge in [-0.2, -0.15) is 0 Å². The van der Waals surface area contributed by atoms with E-state index in [2.05, 4.69) is 5.32 Å². The van der Waals surface area contributed by atoms with Crippen LogP contribution in [0.25, 0.3) is 0 Å². The fourth-order valence-corrected chi connectivity index (χ4v) is 3.38. The first-order valence-electron chi connectivity index (χ1n) is 8.56. The van der Waals surface area contributed by atoms with E-state index in [1.165, 1.54) is 6.42 Å². The van der Waals surface area contributed by atoms with Crippen molar-refractivity contribution in [1.29, 1.82) is 0 Å². The monoisotopic (exact) mass is 337 g/mol. The van der Waals surface area contributed by atoms with Crippen LogP contribution >= 0.6 is 0 Å². The van der Waals surface area contributed by atoms with Gasteiger partial charge in [0.1, 0.15) is 6.29 Å². The van der Waals surface area contributed by atoms with Crippen molar-refractivity contribution in [3.8, 4) is 11.5 Å². The van der Waals surface area contributed by atoms with Crippen molar-refractivity contribution in [2.75, 3.05) is 5.32 Å². The molecular weight excluding hydrogens is 318 g/mol. The van der Waals surface area contributed by atoms with Crippen molar-refractivity contribution in [1.82, 2.24) is 0 Å². The SMILES string of the molecule is O=Cc1ccc(C(=O)Nc2ccc3c(c2)OC2(CCCCC2)O3)cc1. The summed E-state index contributed by atoms with van der Waals surface area (Å²) in [5.41, 5.74) is 1.68. The van der Waals surface area contributed by atoms with Gasteiger partial charge in [0.2, 0.25) is 0 Å². The minimum absolute atomic E-state index is 0.233. The van der Waals surface area contributed by atoms with Gasteiger partial charge in [-0.1, -0.05) is 18.6 Å². The number of amides is 1. The van der Waals surface area contributed by atoms with Gasteiger partial charge in [-0.3, -0.25) is 9.59 Å². The van der Waals surface area contributed by atoms with Gasteiger partial charge in [-0.05, 0) is 37.1 Å². The van der Waals surface area contributed by atoms with Crippen molar-refractivity contribution in [2.24, 2.45) is 0 Å². The van der Waals surface area contributed by atoms with Crippen LogP contribution in [0.5, 0.6) is 11.5 Å². The van der Waals surface area contributed by atoms with Crippen LogP contribution in [0.4, 0.5) is 5.69 Å². The van der Waals surface area contributed by atoms with Gasteiger partial charge in [-0.25, -0.2) is 0 Å². The molecule has 0 saturated heterocycles. The molecule has 0 unspecified atom stereocenters. The van der Waals surface area contributed by atoms with Crippen LogP contribution in [-0.2, 0) is 0 Å². The number of hydrogen-bond acceptors (Lipinski definition) is 4. The minimum atomic E-state index is -0.520. The normalized spacial score (nSPS) is 17.3. The van der Waals surface area contributed by atoms with Gasteiger partial charge < -0.3 is 14.8 Å². The lowest BCUT2D eigenvalue weighted by molar-refractivity contribution is -0.105. The number of nitrogens with one attached hydrogen (secondary N) is 1. The van der Waals surface area contributed by atoms with Crippen LogP contribution in [0.2, 0.25) is 0 Å². The van der Waals surface area contributed by atoms with E-state index in [1.807, 2.05) is 12.1 Å². The van der Waals surface area contributed by atoms with Crippen LogP contribution in [0.3, 0.4) is 0 Å². The molecule has 2 aromatic carbocycles. The van der Waals surface area contributed by atoms with Gasteiger partial charge in [-0.15, -0.1) is 0 Å². The second kappa shape index (κ2) is 6.24. The average Bonchev–Trinajstić information content (AvgIpc) is 2.98. The smallest absolute Gasteiger partial charge is 0.255 e. The molecule has 1 N–H and O–H groups in total. The van der Waals surface area contributed by atoms with Gasteiger partial charge in [0.15, 0.2) is 11.5 Å². The van der Waals surface area contributed by atoms with E-state index in [0.717, 1.165) is 37.7 Å². The zero-order valence-corrected chi connectivity index (χ0v) is 13.8. The van der Waals surface area contributed by atoms with Gasteiger partial charge in [0.05, 0.1) is 0 Å². The third-order valence-electron chi connectivity index (χ3n) is 4.72. The molecule has 2 aromatic rings. The molecule has 0 aromatic heterocycles.